The standard InChI is InChI=1S/C29H46N2O6S/c1-21(2)24(17-23-13-14-28(36-6)29(18-23)37-16-10-15-35-5)19-26(30)27(32)20-31(22(3)4)38(33,34)25-11-8-7-9-12-25/h7-9,11-14,18,21-22,24,26-27,32H,10,15-17,19-20,30H2,1-6H3/t24-,26-,27-/m0/s1. The molecule has 2 aromatic carbocycles. The normalized spacial score (nSPS) is 14.6. The van der Waals surface area contributed by atoms with Crippen LogP contribution in [0.15, 0.2) is 53.4 Å². The van der Waals surface area contributed by atoms with Crippen LogP contribution in [0.5, 0.6) is 11.5 Å². The molecular weight excluding hydrogens is 504 g/mol. The second kappa shape index (κ2) is 15.4. The first kappa shape index (κ1) is 32.0. The first-order valence-electron chi connectivity index (χ1n) is 13.3. The highest BCUT2D eigenvalue weighted by Gasteiger charge is 2.32. The Kier molecular flexibility index (Phi) is 13.0. The molecule has 2 rings (SSSR count). The summed E-state index contributed by atoms with van der Waals surface area (Å²) in [7, 11) is -0.479. The molecule has 9 heteroatoms. The van der Waals surface area contributed by atoms with Crippen molar-refractivity contribution in [2.45, 2.75) is 70.0 Å². The molecule has 214 valence electrons. The number of benzene rings is 2. The van der Waals surface area contributed by atoms with Crippen LogP contribution in [-0.4, -0.2) is 70.0 Å². The average molecular weight is 551 g/mol. The van der Waals surface area contributed by atoms with E-state index in [9.17, 15) is 13.5 Å². The fourth-order valence-electron chi connectivity index (χ4n) is 4.38. The molecule has 0 bridgehead atoms. The van der Waals surface area contributed by atoms with Gasteiger partial charge in [0.2, 0.25) is 10.0 Å². The Morgan fingerprint density at radius 3 is 2.24 bits per heavy atom. The minimum Gasteiger partial charge on any atom is -0.493 e. The maximum Gasteiger partial charge on any atom is 0.243 e. The molecule has 0 heterocycles. The molecule has 0 radical (unpaired) electrons. The van der Waals surface area contributed by atoms with E-state index in [1.165, 1.54) is 4.31 Å². The van der Waals surface area contributed by atoms with Crippen LogP contribution in [-0.2, 0) is 21.2 Å². The topological polar surface area (TPSA) is 111 Å². The van der Waals surface area contributed by atoms with Crippen molar-refractivity contribution in [3.05, 3.63) is 54.1 Å². The molecule has 0 saturated carbocycles. The van der Waals surface area contributed by atoms with Crippen LogP contribution in [0.2, 0.25) is 0 Å². The summed E-state index contributed by atoms with van der Waals surface area (Å²) in [6.45, 7) is 8.95. The lowest BCUT2D eigenvalue weighted by Gasteiger charge is -2.32. The fourth-order valence-corrected chi connectivity index (χ4v) is 6.06. The van der Waals surface area contributed by atoms with Crippen molar-refractivity contribution >= 4 is 10.0 Å². The molecular formula is C29H46N2O6S. The van der Waals surface area contributed by atoms with Gasteiger partial charge in [-0.3, -0.25) is 0 Å². The summed E-state index contributed by atoms with van der Waals surface area (Å²) in [5.74, 6) is 1.84. The molecule has 0 saturated heterocycles. The van der Waals surface area contributed by atoms with Gasteiger partial charge in [-0.1, -0.05) is 38.1 Å². The molecule has 0 spiro atoms. The molecule has 0 aliphatic carbocycles. The zero-order valence-corrected chi connectivity index (χ0v) is 24.5. The van der Waals surface area contributed by atoms with Crippen molar-refractivity contribution in [2.75, 3.05) is 34.0 Å². The molecule has 0 aliphatic rings. The Bertz CT molecular complexity index is 1060. The van der Waals surface area contributed by atoms with E-state index in [1.807, 2.05) is 18.2 Å². The molecule has 3 atom stereocenters. The lowest BCUT2D eigenvalue weighted by Crippen LogP contribution is -2.48. The number of aliphatic hydroxyl groups excluding tert-OH is 1. The molecule has 38 heavy (non-hydrogen) atoms. The van der Waals surface area contributed by atoms with Crippen LogP contribution in [0.4, 0.5) is 0 Å². The van der Waals surface area contributed by atoms with Crippen LogP contribution in [0.1, 0.15) is 46.1 Å². The summed E-state index contributed by atoms with van der Waals surface area (Å²) in [5, 5.41) is 11.0. The molecule has 3 N–H and O–H groups in total. The van der Waals surface area contributed by atoms with E-state index in [4.69, 9.17) is 19.9 Å². The average Bonchev–Trinajstić information content (AvgIpc) is 2.89. The van der Waals surface area contributed by atoms with Gasteiger partial charge >= 0.3 is 0 Å². The van der Waals surface area contributed by atoms with E-state index < -0.39 is 22.2 Å². The van der Waals surface area contributed by atoms with Gasteiger partial charge in [-0.25, -0.2) is 8.42 Å². The maximum absolute atomic E-state index is 13.2. The van der Waals surface area contributed by atoms with Crippen molar-refractivity contribution in [3.63, 3.8) is 0 Å². The van der Waals surface area contributed by atoms with Crippen molar-refractivity contribution in [1.29, 1.82) is 0 Å². The highest BCUT2D eigenvalue weighted by Crippen LogP contribution is 2.31. The van der Waals surface area contributed by atoms with Gasteiger partial charge in [0.05, 0.1) is 24.7 Å². The number of nitrogens with two attached hydrogens (primary N) is 1. The van der Waals surface area contributed by atoms with Gasteiger partial charge in [-0.2, -0.15) is 4.31 Å². The summed E-state index contributed by atoms with van der Waals surface area (Å²) in [6.07, 6.45) is 1.06. The first-order chi connectivity index (χ1) is 18.0. The van der Waals surface area contributed by atoms with E-state index >= 15 is 0 Å². The van der Waals surface area contributed by atoms with Gasteiger partial charge in [-0.05, 0) is 68.4 Å². The largest absolute Gasteiger partial charge is 0.493 e. The van der Waals surface area contributed by atoms with Crippen LogP contribution in [0.25, 0.3) is 0 Å². The van der Waals surface area contributed by atoms with Crippen molar-refractivity contribution in [3.8, 4) is 11.5 Å². The van der Waals surface area contributed by atoms with E-state index in [0.717, 1.165) is 18.4 Å². The Morgan fingerprint density at radius 2 is 1.66 bits per heavy atom. The Hall–Kier alpha value is -2.17. The summed E-state index contributed by atoms with van der Waals surface area (Å²) >= 11 is 0. The number of hydrogen-bond donors (Lipinski definition) is 2. The predicted octanol–water partition coefficient (Wildman–Crippen LogP) is 4.10. The van der Waals surface area contributed by atoms with Crippen LogP contribution >= 0.6 is 0 Å². The summed E-state index contributed by atoms with van der Waals surface area (Å²) in [4.78, 5) is 0.203. The number of hydrogen-bond acceptors (Lipinski definition) is 7. The molecule has 0 amide bonds. The minimum absolute atomic E-state index is 0.0666. The Morgan fingerprint density at radius 1 is 0.974 bits per heavy atom. The van der Waals surface area contributed by atoms with Crippen molar-refractivity contribution in [1.82, 2.24) is 4.31 Å². The molecule has 0 aromatic heterocycles. The highest BCUT2D eigenvalue weighted by atomic mass is 32.2. The summed E-state index contributed by atoms with van der Waals surface area (Å²) < 4.78 is 44.3. The van der Waals surface area contributed by atoms with Gasteiger partial charge in [0, 0.05) is 38.8 Å². The van der Waals surface area contributed by atoms with Gasteiger partial charge in [0.1, 0.15) is 0 Å². The number of methoxy groups -OCH3 is 2. The molecule has 8 nitrogen and oxygen atoms in total. The quantitative estimate of drug-likeness (QED) is 0.285. The summed E-state index contributed by atoms with van der Waals surface area (Å²) in [6, 6.07) is 13.3. The number of aliphatic hydroxyl groups is 1. The smallest absolute Gasteiger partial charge is 0.243 e. The van der Waals surface area contributed by atoms with Gasteiger partial charge in [0.25, 0.3) is 0 Å². The predicted molar refractivity (Wildman–Crippen MR) is 151 cm³/mol. The lowest BCUT2D eigenvalue weighted by molar-refractivity contribution is 0.0981. The highest BCUT2D eigenvalue weighted by molar-refractivity contribution is 7.89. The third kappa shape index (κ3) is 9.24. The molecule has 0 unspecified atom stereocenters. The first-order valence-corrected chi connectivity index (χ1v) is 14.7. The Balaban J connectivity index is 2.11. The third-order valence-corrected chi connectivity index (χ3v) is 8.84. The van der Waals surface area contributed by atoms with Gasteiger partial charge < -0.3 is 25.1 Å². The zero-order valence-electron chi connectivity index (χ0n) is 23.7. The second-order valence-electron chi connectivity index (χ2n) is 10.3. The lowest BCUT2D eigenvalue weighted by atomic mass is 9.83. The molecule has 2 aromatic rings. The number of sulfonamides is 1. The number of nitrogens with zero attached hydrogens (tertiary/aromatic N) is 1. The van der Waals surface area contributed by atoms with Crippen LogP contribution in [0.3, 0.4) is 0 Å². The minimum atomic E-state index is -3.76. The summed E-state index contributed by atoms with van der Waals surface area (Å²) in [5.41, 5.74) is 7.57. The van der Waals surface area contributed by atoms with Crippen LogP contribution < -0.4 is 15.2 Å². The number of ether oxygens (including phenoxy) is 3. The Labute approximate surface area is 229 Å². The van der Waals surface area contributed by atoms with Gasteiger partial charge in [0.15, 0.2) is 11.5 Å². The number of rotatable bonds is 17. The van der Waals surface area contributed by atoms with Crippen molar-refractivity contribution in [2.24, 2.45) is 17.6 Å². The van der Waals surface area contributed by atoms with E-state index in [0.29, 0.717) is 37.1 Å². The van der Waals surface area contributed by atoms with Crippen LogP contribution in [0, 0.1) is 11.8 Å². The molecule has 0 fully saturated rings. The maximum atomic E-state index is 13.2. The third-order valence-electron chi connectivity index (χ3n) is 6.78. The van der Waals surface area contributed by atoms with Gasteiger partial charge in [-0.15, -0.1) is 0 Å². The van der Waals surface area contributed by atoms with E-state index in [-0.39, 0.29) is 23.4 Å². The second-order valence-corrected chi connectivity index (χ2v) is 12.2. The monoisotopic (exact) mass is 550 g/mol. The zero-order chi connectivity index (χ0) is 28.3. The molecule has 0 aliphatic heterocycles. The fraction of sp³-hybridized carbons (Fsp3) is 0.586. The van der Waals surface area contributed by atoms with E-state index in [1.54, 1.807) is 58.4 Å². The SMILES string of the molecule is COCCCOc1cc(C[C@@H](C[C@H](N)[C@@H](O)CN(C(C)C)S(=O)(=O)c2ccccc2)C(C)C)ccc1OC. The van der Waals surface area contributed by atoms with Crippen molar-refractivity contribution < 1.29 is 27.7 Å². The van der Waals surface area contributed by atoms with E-state index in [2.05, 4.69) is 13.8 Å².